The quantitative estimate of drug-likeness (QED) is 0.360. The number of rotatable bonds is 13. The molecule has 0 saturated carbocycles. The van der Waals surface area contributed by atoms with Crippen molar-refractivity contribution in [2.75, 3.05) is 13.2 Å². The highest BCUT2D eigenvalue weighted by Crippen LogP contribution is 2.25. The van der Waals surface area contributed by atoms with Gasteiger partial charge < -0.3 is 25.4 Å². The van der Waals surface area contributed by atoms with Crippen LogP contribution >= 0.6 is 0 Å². The van der Waals surface area contributed by atoms with E-state index in [1.807, 2.05) is 32.0 Å². The molecule has 0 bridgehead atoms. The molecule has 35 heavy (non-hydrogen) atoms. The molecule has 1 aromatic carbocycles. The molecule has 196 valence electrons. The van der Waals surface area contributed by atoms with Crippen molar-refractivity contribution in [1.29, 1.82) is 0 Å². The number of hydrogen-bond donors (Lipinski definition) is 3. The van der Waals surface area contributed by atoms with Gasteiger partial charge >= 0.3 is 6.09 Å². The smallest absolute Gasteiger partial charge is 0.408 e. The number of amides is 3. The Morgan fingerprint density at radius 3 is 2.37 bits per heavy atom. The SMILES string of the molecule is C=Cc1cccc(C(C(=O)NC(C)C)N(CCCCCC)C(=O)C(CO)NC(=O)OC(C)(C)C)c1. The lowest BCUT2D eigenvalue weighted by molar-refractivity contribution is -0.143. The van der Waals surface area contributed by atoms with Crippen LogP contribution in [-0.4, -0.2) is 58.8 Å². The summed E-state index contributed by atoms with van der Waals surface area (Å²) in [6.45, 7) is 14.4. The first-order valence-corrected chi connectivity index (χ1v) is 12.4. The van der Waals surface area contributed by atoms with Crippen molar-refractivity contribution in [2.24, 2.45) is 0 Å². The predicted molar refractivity (Wildman–Crippen MR) is 139 cm³/mol. The van der Waals surface area contributed by atoms with Crippen molar-refractivity contribution >= 4 is 24.0 Å². The Balaban J connectivity index is 3.41. The second-order valence-corrected chi connectivity index (χ2v) is 9.91. The molecule has 2 atom stereocenters. The summed E-state index contributed by atoms with van der Waals surface area (Å²) in [4.78, 5) is 40.9. The molecular weight excluding hydrogens is 446 g/mol. The van der Waals surface area contributed by atoms with E-state index in [0.717, 1.165) is 24.8 Å². The molecule has 0 fully saturated rings. The maximum atomic E-state index is 13.7. The lowest BCUT2D eigenvalue weighted by Crippen LogP contribution is -2.55. The fourth-order valence-electron chi connectivity index (χ4n) is 3.60. The average Bonchev–Trinajstić information content (AvgIpc) is 2.77. The summed E-state index contributed by atoms with van der Waals surface area (Å²) in [5.74, 6) is -0.887. The minimum Gasteiger partial charge on any atom is -0.444 e. The molecular formula is C27H43N3O5. The van der Waals surface area contributed by atoms with Gasteiger partial charge in [0.2, 0.25) is 11.8 Å². The van der Waals surface area contributed by atoms with Gasteiger partial charge in [0.25, 0.3) is 0 Å². The number of nitrogens with one attached hydrogen (secondary N) is 2. The van der Waals surface area contributed by atoms with Crippen LogP contribution < -0.4 is 10.6 Å². The number of hydrogen-bond acceptors (Lipinski definition) is 5. The fraction of sp³-hybridized carbons (Fsp3) is 0.593. The number of carbonyl (C=O) groups is 3. The molecule has 3 amide bonds. The van der Waals surface area contributed by atoms with Gasteiger partial charge in [-0.3, -0.25) is 9.59 Å². The number of benzene rings is 1. The number of nitrogens with zero attached hydrogens (tertiary/aromatic N) is 1. The molecule has 0 radical (unpaired) electrons. The number of aliphatic hydroxyl groups is 1. The van der Waals surface area contributed by atoms with Crippen LogP contribution in [0, 0.1) is 0 Å². The molecule has 1 rings (SSSR count). The molecule has 0 saturated heterocycles. The van der Waals surface area contributed by atoms with Crippen LogP contribution in [0.25, 0.3) is 6.08 Å². The van der Waals surface area contributed by atoms with Crippen LogP contribution in [0.2, 0.25) is 0 Å². The lowest BCUT2D eigenvalue weighted by Gasteiger charge is -2.34. The molecule has 8 nitrogen and oxygen atoms in total. The second kappa shape index (κ2) is 14.5. The van der Waals surface area contributed by atoms with E-state index in [9.17, 15) is 19.5 Å². The molecule has 0 spiro atoms. The summed E-state index contributed by atoms with van der Waals surface area (Å²) in [5.41, 5.74) is 0.671. The third-order valence-electron chi connectivity index (χ3n) is 5.16. The largest absolute Gasteiger partial charge is 0.444 e. The van der Waals surface area contributed by atoms with E-state index in [-0.39, 0.29) is 11.9 Å². The number of alkyl carbamates (subject to hydrolysis) is 1. The highest BCUT2D eigenvalue weighted by atomic mass is 16.6. The maximum Gasteiger partial charge on any atom is 0.408 e. The fourth-order valence-corrected chi connectivity index (χ4v) is 3.60. The molecule has 0 aliphatic carbocycles. The van der Waals surface area contributed by atoms with E-state index in [0.29, 0.717) is 18.5 Å². The molecule has 0 aromatic heterocycles. The number of carbonyl (C=O) groups excluding carboxylic acids is 3. The first kappa shape index (κ1) is 30.2. The van der Waals surface area contributed by atoms with Gasteiger partial charge in [-0.25, -0.2) is 4.79 Å². The summed E-state index contributed by atoms with van der Waals surface area (Å²) in [6, 6.07) is 4.94. The lowest BCUT2D eigenvalue weighted by atomic mass is 9.99. The highest BCUT2D eigenvalue weighted by Gasteiger charge is 2.36. The van der Waals surface area contributed by atoms with E-state index < -0.39 is 36.3 Å². The number of ether oxygens (including phenoxy) is 1. The predicted octanol–water partition coefficient (Wildman–Crippen LogP) is 4.19. The van der Waals surface area contributed by atoms with Gasteiger partial charge in [0, 0.05) is 12.6 Å². The van der Waals surface area contributed by atoms with Gasteiger partial charge in [-0.1, -0.05) is 57.0 Å². The third kappa shape index (κ3) is 10.5. The normalized spacial score (nSPS) is 13.0. The van der Waals surface area contributed by atoms with Crippen molar-refractivity contribution in [2.45, 2.75) is 91.0 Å². The van der Waals surface area contributed by atoms with Crippen molar-refractivity contribution in [1.82, 2.24) is 15.5 Å². The Labute approximate surface area is 210 Å². The monoisotopic (exact) mass is 489 g/mol. The van der Waals surface area contributed by atoms with Crippen LogP contribution in [0.5, 0.6) is 0 Å². The van der Waals surface area contributed by atoms with Crippen LogP contribution in [0.3, 0.4) is 0 Å². The maximum absolute atomic E-state index is 13.7. The molecule has 0 aliphatic heterocycles. The molecule has 0 aliphatic rings. The summed E-state index contributed by atoms with van der Waals surface area (Å²) in [6.07, 6.45) is 4.44. The minimum absolute atomic E-state index is 0.141. The van der Waals surface area contributed by atoms with Gasteiger partial charge in [0.15, 0.2) is 0 Å². The Morgan fingerprint density at radius 1 is 1.14 bits per heavy atom. The van der Waals surface area contributed by atoms with Crippen molar-refractivity contribution in [3.8, 4) is 0 Å². The summed E-state index contributed by atoms with van der Waals surface area (Å²) >= 11 is 0. The Bertz CT molecular complexity index is 847. The summed E-state index contributed by atoms with van der Waals surface area (Å²) in [7, 11) is 0. The van der Waals surface area contributed by atoms with E-state index in [4.69, 9.17) is 4.74 Å². The Hall–Kier alpha value is -2.87. The summed E-state index contributed by atoms with van der Waals surface area (Å²) in [5, 5.41) is 15.4. The van der Waals surface area contributed by atoms with Crippen LogP contribution in [-0.2, 0) is 14.3 Å². The van der Waals surface area contributed by atoms with Gasteiger partial charge in [-0.2, -0.15) is 0 Å². The van der Waals surface area contributed by atoms with Gasteiger partial charge in [-0.15, -0.1) is 0 Å². The van der Waals surface area contributed by atoms with Gasteiger partial charge in [0.1, 0.15) is 17.7 Å². The first-order valence-electron chi connectivity index (χ1n) is 12.4. The van der Waals surface area contributed by atoms with E-state index in [2.05, 4.69) is 24.1 Å². The highest BCUT2D eigenvalue weighted by molar-refractivity contribution is 5.92. The second-order valence-electron chi connectivity index (χ2n) is 9.91. The van der Waals surface area contributed by atoms with E-state index in [1.165, 1.54) is 4.90 Å². The third-order valence-corrected chi connectivity index (χ3v) is 5.16. The zero-order valence-corrected chi connectivity index (χ0v) is 22.1. The molecule has 3 N–H and O–H groups in total. The molecule has 8 heteroatoms. The summed E-state index contributed by atoms with van der Waals surface area (Å²) < 4.78 is 5.27. The van der Waals surface area contributed by atoms with Gasteiger partial charge in [0.05, 0.1) is 6.61 Å². The first-order chi connectivity index (χ1) is 16.4. The Morgan fingerprint density at radius 2 is 1.83 bits per heavy atom. The number of aliphatic hydroxyl groups excluding tert-OH is 1. The Kier molecular flexibility index (Phi) is 12.5. The average molecular weight is 490 g/mol. The van der Waals surface area contributed by atoms with Crippen LogP contribution in [0.15, 0.2) is 30.8 Å². The van der Waals surface area contributed by atoms with Gasteiger partial charge in [-0.05, 0) is 58.2 Å². The molecule has 0 heterocycles. The van der Waals surface area contributed by atoms with Crippen molar-refractivity contribution in [3.05, 3.63) is 42.0 Å². The molecule has 1 aromatic rings. The zero-order valence-electron chi connectivity index (χ0n) is 22.1. The zero-order chi connectivity index (χ0) is 26.6. The molecule has 2 unspecified atom stereocenters. The van der Waals surface area contributed by atoms with Crippen molar-refractivity contribution in [3.63, 3.8) is 0 Å². The topological polar surface area (TPSA) is 108 Å². The van der Waals surface area contributed by atoms with E-state index in [1.54, 1.807) is 32.9 Å². The van der Waals surface area contributed by atoms with Crippen LogP contribution in [0.4, 0.5) is 4.79 Å². The van der Waals surface area contributed by atoms with Crippen LogP contribution in [0.1, 0.15) is 84.4 Å². The minimum atomic E-state index is -1.26. The number of unbranched alkanes of at least 4 members (excludes halogenated alkanes) is 3. The standard InChI is InChI=1S/C27H43N3O5/c1-8-10-11-12-16-30(25(33)22(18-31)29-26(34)35-27(5,6)7)23(24(32)28-19(3)4)21-15-13-14-20(9-2)17-21/h9,13-15,17,19,22-23,31H,2,8,10-12,16,18H2,1,3-7H3,(H,28,32)(H,29,34). The van der Waals surface area contributed by atoms with Crippen molar-refractivity contribution < 1.29 is 24.2 Å². The van der Waals surface area contributed by atoms with E-state index >= 15 is 0 Å².